The molecule has 0 saturated heterocycles. The summed E-state index contributed by atoms with van der Waals surface area (Å²) in [4.78, 5) is 10.2. The number of carbonyl (C=O) groups excluding carboxylic acids is 1. The molecule has 0 aromatic heterocycles. The fraction of sp³-hybridized carbons (Fsp3) is 0.300. The Labute approximate surface area is 82.5 Å². The zero-order valence-electron chi connectivity index (χ0n) is 7.35. The second-order valence-electron chi connectivity index (χ2n) is 2.80. The molecule has 1 rings (SSSR count). The highest BCUT2D eigenvalue weighted by molar-refractivity contribution is 7.98. The average Bonchev–Trinajstić information content (AvgIpc) is 2.19. The number of thioether (sulfide) groups is 1. The summed E-state index contributed by atoms with van der Waals surface area (Å²) in [6, 6.07) is 9.82. The van der Waals surface area contributed by atoms with Gasteiger partial charge in [0.1, 0.15) is 6.29 Å². The number of hydrogen-bond donors (Lipinski definition) is 1. The van der Waals surface area contributed by atoms with Gasteiger partial charge in [-0.05, 0) is 5.56 Å². The topological polar surface area (TPSA) is 43.1 Å². The van der Waals surface area contributed by atoms with Gasteiger partial charge in [0.2, 0.25) is 0 Å². The Hall–Kier alpha value is -0.800. The molecule has 70 valence electrons. The van der Waals surface area contributed by atoms with E-state index < -0.39 is 0 Å². The molecule has 0 fully saturated rings. The average molecular weight is 195 g/mol. The molecule has 1 atom stereocenters. The van der Waals surface area contributed by atoms with E-state index in [1.807, 2.05) is 18.2 Å². The highest BCUT2D eigenvalue weighted by Gasteiger charge is 1.99. The lowest BCUT2D eigenvalue weighted by atomic mass is 10.2. The van der Waals surface area contributed by atoms with Crippen molar-refractivity contribution in [1.29, 1.82) is 0 Å². The fourth-order valence-corrected chi connectivity index (χ4v) is 1.82. The van der Waals surface area contributed by atoms with Crippen LogP contribution in [0.2, 0.25) is 0 Å². The molecule has 2 N–H and O–H groups in total. The zero-order valence-corrected chi connectivity index (χ0v) is 8.17. The van der Waals surface area contributed by atoms with Crippen molar-refractivity contribution in [2.45, 2.75) is 11.8 Å². The van der Waals surface area contributed by atoms with Crippen LogP contribution >= 0.6 is 11.8 Å². The quantitative estimate of drug-likeness (QED) is 0.723. The van der Waals surface area contributed by atoms with E-state index in [1.165, 1.54) is 5.56 Å². The summed E-state index contributed by atoms with van der Waals surface area (Å²) < 4.78 is 0. The fourth-order valence-electron chi connectivity index (χ4n) is 0.926. The van der Waals surface area contributed by atoms with Gasteiger partial charge in [-0.2, -0.15) is 11.8 Å². The predicted octanol–water partition coefficient (Wildman–Crippen LogP) is 1.45. The number of nitrogens with two attached hydrogens (primary N) is 1. The van der Waals surface area contributed by atoms with Gasteiger partial charge in [0.05, 0.1) is 6.04 Å². The van der Waals surface area contributed by atoms with Crippen LogP contribution in [0.15, 0.2) is 30.3 Å². The minimum Gasteiger partial charge on any atom is -0.321 e. The van der Waals surface area contributed by atoms with Crippen LogP contribution in [0.1, 0.15) is 5.56 Å². The Morgan fingerprint density at radius 1 is 1.38 bits per heavy atom. The van der Waals surface area contributed by atoms with E-state index in [2.05, 4.69) is 12.1 Å². The lowest BCUT2D eigenvalue weighted by Gasteiger charge is -2.03. The SMILES string of the molecule is NC(C=O)CSCc1ccccc1. The Bertz CT molecular complexity index is 250. The molecule has 0 bridgehead atoms. The third-order valence-corrected chi connectivity index (χ3v) is 2.75. The molecule has 2 nitrogen and oxygen atoms in total. The zero-order chi connectivity index (χ0) is 9.52. The van der Waals surface area contributed by atoms with Gasteiger partial charge in [0.25, 0.3) is 0 Å². The first-order chi connectivity index (χ1) is 6.33. The summed E-state index contributed by atoms with van der Waals surface area (Å²) in [5, 5.41) is 0. The first-order valence-electron chi connectivity index (χ1n) is 4.15. The van der Waals surface area contributed by atoms with Gasteiger partial charge in [-0.1, -0.05) is 30.3 Å². The van der Waals surface area contributed by atoms with Gasteiger partial charge in [0, 0.05) is 11.5 Å². The number of aldehydes is 1. The third kappa shape index (κ3) is 4.10. The van der Waals surface area contributed by atoms with Crippen molar-refractivity contribution in [3.05, 3.63) is 35.9 Å². The molecule has 0 amide bonds. The maximum absolute atomic E-state index is 10.2. The van der Waals surface area contributed by atoms with E-state index in [-0.39, 0.29) is 6.04 Å². The smallest absolute Gasteiger partial charge is 0.137 e. The Balaban J connectivity index is 2.24. The van der Waals surface area contributed by atoms with Crippen LogP contribution in [0.5, 0.6) is 0 Å². The highest BCUT2D eigenvalue weighted by atomic mass is 32.2. The minimum atomic E-state index is -0.325. The highest BCUT2D eigenvalue weighted by Crippen LogP contribution is 2.11. The molecule has 0 spiro atoms. The molecule has 0 heterocycles. The molecule has 0 aliphatic heterocycles. The number of hydrogen-bond acceptors (Lipinski definition) is 3. The van der Waals surface area contributed by atoms with Crippen molar-refractivity contribution < 1.29 is 4.79 Å². The maximum Gasteiger partial charge on any atom is 0.137 e. The summed E-state index contributed by atoms with van der Waals surface area (Å²) in [6.07, 6.45) is 0.790. The summed E-state index contributed by atoms with van der Waals surface area (Å²) in [6.45, 7) is 0. The second kappa shape index (κ2) is 5.78. The van der Waals surface area contributed by atoms with Gasteiger partial charge in [0.15, 0.2) is 0 Å². The summed E-state index contributed by atoms with van der Waals surface area (Å²) in [7, 11) is 0. The number of carbonyl (C=O) groups is 1. The van der Waals surface area contributed by atoms with Crippen LogP contribution in [0.3, 0.4) is 0 Å². The lowest BCUT2D eigenvalue weighted by molar-refractivity contribution is -0.108. The molecule has 0 aliphatic rings. The Morgan fingerprint density at radius 2 is 2.08 bits per heavy atom. The van der Waals surface area contributed by atoms with Crippen molar-refractivity contribution >= 4 is 18.0 Å². The Kier molecular flexibility index (Phi) is 4.57. The van der Waals surface area contributed by atoms with Crippen LogP contribution in [0.4, 0.5) is 0 Å². The van der Waals surface area contributed by atoms with Gasteiger partial charge in [-0.25, -0.2) is 0 Å². The molecule has 0 radical (unpaired) electrons. The molecular weight excluding hydrogens is 182 g/mol. The monoisotopic (exact) mass is 195 g/mol. The van der Waals surface area contributed by atoms with E-state index in [9.17, 15) is 4.79 Å². The molecule has 1 unspecified atom stereocenters. The largest absolute Gasteiger partial charge is 0.321 e. The summed E-state index contributed by atoms with van der Waals surface area (Å²) in [5.41, 5.74) is 6.72. The lowest BCUT2D eigenvalue weighted by Crippen LogP contribution is -2.24. The minimum absolute atomic E-state index is 0.325. The van der Waals surface area contributed by atoms with Crippen LogP contribution in [0.25, 0.3) is 0 Å². The predicted molar refractivity (Wildman–Crippen MR) is 56.6 cm³/mol. The normalized spacial score (nSPS) is 12.4. The van der Waals surface area contributed by atoms with Crippen LogP contribution < -0.4 is 5.73 Å². The summed E-state index contributed by atoms with van der Waals surface area (Å²) in [5.74, 6) is 1.61. The third-order valence-electron chi connectivity index (χ3n) is 1.60. The molecule has 3 heteroatoms. The van der Waals surface area contributed by atoms with E-state index in [1.54, 1.807) is 11.8 Å². The van der Waals surface area contributed by atoms with Crippen molar-refractivity contribution in [3.63, 3.8) is 0 Å². The molecule has 1 aromatic carbocycles. The van der Waals surface area contributed by atoms with Crippen LogP contribution in [-0.4, -0.2) is 18.1 Å². The van der Waals surface area contributed by atoms with Gasteiger partial charge < -0.3 is 10.5 Å². The standard InChI is InChI=1S/C10H13NOS/c11-10(6-12)8-13-7-9-4-2-1-3-5-9/h1-6,10H,7-8,11H2. The van der Waals surface area contributed by atoms with Crippen molar-refractivity contribution in [2.75, 3.05) is 5.75 Å². The first-order valence-corrected chi connectivity index (χ1v) is 5.31. The molecular formula is C10H13NOS. The van der Waals surface area contributed by atoms with Crippen LogP contribution in [0, 0.1) is 0 Å². The molecule has 0 saturated carbocycles. The van der Waals surface area contributed by atoms with E-state index in [0.717, 1.165) is 12.0 Å². The molecule has 13 heavy (non-hydrogen) atoms. The van der Waals surface area contributed by atoms with E-state index in [4.69, 9.17) is 5.73 Å². The molecule has 1 aromatic rings. The van der Waals surface area contributed by atoms with Gasteiger partial charge >= 0.3 is 0 Å². The first kappa shape index (κ1) is 10.3. The number of rotatable bonds is 5. The Morgan fingerprint density at radius 3 is 2.69 bits per heavy atom. The number of benzene rings is 1. The second-order valence-corrected chi connectivity index (χ2v) is 3.83. The molecule has 0 aliphatic carbocycles. The maximum atomic E-state index is 10.2. The van der Waals surface area contributed by atoms with Gasteiger partial charge in [-0.15, -0.1) is 0 Å². The van der Waals surface area contributed by atoms with E-state index >= 15 is 0 Å². The van der Waals surface area contributed by atoms with Crippen molar-refractivity contribution in [1.82, 2.24) is 0 Å². The van der Waals surface area contributed by atoms with Crippen LogP contribution in [-0.2, 0) is 10.5 Å². The van der Waals surface area contributed by atoms with Gasteiger partial charge in [-0.3, -0.25) is 0 Å². The van der Waals surface area contributed by atoms with Crippen molar-refractivity contribution in [2.24, 2.45) is 5.73 Å². The van der Waals surface area contributed by atoms with Crippen molar-refractivity contribution in [3.8, 4) is 0 Å². The van der Waals surface area contributed by atoms with E-state index in [0.29, 0.717) is 5.75 Å². The summed E-state index contributed by atoms with van der Waals surface area (Å²) >= 11 is 1.68.